The zero-order valence-electron chi connectivity index (χ0n) is 15.5. The minimum absolute atomic E-state index is 0.279. The largest absolute Gasteiger partial charge is 0.455 e. The van der Waals surface area contributed by atoms with Crippen LogP contribution in [0.1, 0.15) is 6.92 Å². The first kappa shape index (κ1) is 23.8. The molecule has 0 saturated heterocycles. The van der Waals surface area contributed by atoms with Gasteiger partial charge in [0.15, 0.2) is 6.61 Å². The Morgan fingerprint density at radius 1 is 1.36 bits per heavy atom. The molecule has 0 aliphatic carbocycles. The van der Waals surface area contributed by atoms with Gasteiger partial charge in [-0.2, -0.15) is 4.72 Å². The second-order valence-corrected chi connectivity index (χ2v) is 8.11. The van der Waals surface area contributed by atoms with Crippen molar-refractivity contribution in [2.75, 3.05) is 33.1 Å². The number of methoxy groups -OCH3 is 1. The Hall–Kier alpha value is -2.22. The second kappa shape index (κ2) is 10.9. The van der Waals surface area contributed by atoms with Crippen molar-refractivity contribution in [3.05, 3.63) is 28.3 Å². The summed E-state index contributed by atoms with van der Waals surface area (Å²) in [5.74, 6) is -1.54. The first-order valence-electron chi connectivity index (χ1n) is 7.86. The van der Waals surface area contributed by atoms with Crippen molar-refractivity contribution >= 4 is 39.3 Å². The number of nitro groups is 1. The molecular weight excluding hydrogens is 414 g/mol. The van der Waals surface area contributed by atoms with Gasteiger partial charge in [-0.05, 0) is 25.3 Å². The number of hydrogen-bond donors (Lipinski definition) is 2. The molecule has 11 nitrogen and oxygen atoms in total. The van der Waals surface area contributed by atoms with E-state index in [9.17, 15) is 28.1 Å². The van der Waals surface area contributed by atoms with Gasteiger partial charge in [-0.3, -0.25) is 19.7 Å². The third kappa shape index (κ3) is 7.42. The highest BCUT2D eigenvalue weighted by Crippen LogP contribution is 2.29. The molecule has 0 fully saturated rings. The highest BCUT2D eigenvalue weighted by molar-refractivity contribution is 7.98. The Labute approximate surface area is 166 Å². The van der Waals surface area contributed by atoms with Gasteiger partial charge in [-0.1, -0.05) is 0 Å². The summed E-state index contributed by atoms with van der Waals surface area (Å²) in [6, 6.07) is 3.12. The molecular formula is C15H21N3O8S2. The van der Waals surface area contributed by atoms with Crippen LogP contribution in [0.15, 0.2) is 28.0 Å². The van der Waals surface area contributed by atoms with E-state index in [1.54, 1.807) is 13.2 Å². The first-order chi connectivity index (χ1) is 13.1. The van der Waals surface area contributed by atoms with Crippen molar-refractivity contribution in [2.24, 2.45) is 0 Å². The van der Waals surface area contributed by atoms with Crippen LogP contribution in [0, 0.1) is 10.1 Å². The number of nitro benzene ring substituents is 1. The fraction of sp³-hybridized carbons (Fsp3) is 0.467. The van der Waals surface area contributed by atoms with Gasteiger partial charge in [-0.25, -0.2) is 8.42 Å². The molecule has 2 N–H and O–H groups in total. The van der Waals surface area contributed by atoms with E-state index in [-0.39, 0.29) is 23.2 Å². The molecule has 1 rings (SSSR count). The number of nitrogens with one attached hydrogen (secondary N) is 2. The van der Waals surface area contributed by atoms with Gasteiger partial charge in [-0.15, -0.1) is 11.8 Å². The highest BCUT2D eigenvalue weighted by Gasteiger charge is 2.22. The average molecular weight is 435 g/mol. The molecule has 1 amide bonds. The lowest BCUT2D eigenvalue weighted by Gasteiger charge is -2.13. The normalized spacial score (nSPS) is 12.2. The second-order valence-electron chi connectivity index (χ2n) is 5.50. The predicted octanol–water partition coefficient (Wildman–Crippen LogP) is 0.289. The molecule has 1 unspecified atom stereocenters. The zero-order chi connectivity index (χ0) is 21.3. The van der Waals surface area contributed by atoms with Crippen LogP contribution in [0.4, 0.5) is 5.69 Å². The molecule has 0 saturated carbocycles. The van der Waals surface area contributed by atoms with E-state index in [0.29, 0.717) is 4.90 Å². The number of carbonyl (C=O) groups is 2. The Balaban J connectivity index is 2.64. The molecule has 0 aliphatic heterocycles. The van der Waals surface area contributed by atoms with Crippen molar-refractivity contribution in [1.29, 1.82) is 0 Å². The van der Waals surface area contributed by atoms with E-state index in [4.69, 9.17) is 4.74 Å². The number of amides is 1. The van der Waals surface area contributed by atoms with Crippen molar-refractivity contribution in [1.82, 2.24) is 10.0 Å². The summed E-state index contributed by atoms with van der Waals surface area (Å²) in [6.45, 7) is 0.656. The minimum Gasteiger partial charge on any atom is -0.455 e. The fourth-order valence-corrected chi connectivity index (χ4v) is 3.56. The summed E-state index contributed by atoms with van der Waals surface area (Å²) in [5, 5.41) is 13.6. The SMILES string of the molecule is COCC(C)NC(=O)COC(=O)CNS(=O)(=O)c1ccc(SC)c([N+](=O)[O-])c1. The number of hydrogen-bond acceptors (Lipinski definition) is 9. The van der Waals surface area contributed by atoms with E-state index in [2.05, 4.69) is 10.1 Å². The summed E-state index contributed by atoms with van der Waals surface area (Å²) in [7, 11) is -2.71. The monoisotopic (exact) mass is 435 g/mol. The lowest BCUT2D eigenvalue weighted by molar-refractivity contribution is -0.387. The summed E-state index contributed by atoms with van der Waals surface area (Å²) in [5.41, 5.74) is -0.361. The standard InChI is InChI=1S/C15H21N3O8S2/c1-10(8-25-2)17-14(19)9-26-15(20)7-16-28(23,24)11-4-5-13(27-3)12(6-11)18(21)22/h4-6,10,16H,7-9H2,1-3H3,(H,17,19). The number of ether oxygens (including phenoxy) is 2. The molecule has 0 aliphatic rings. The van der Waals surface area contributed by atoms with Crippen LogP contribution in [0.25, 0.3) is 0 Å². The van der Waals surface area contributed by atoms with Crippen LogP contribution in [-0.4, -0.2) is 64.4 Å². The fourth-order valence-electron chi connectivity index (χ4n) is 2.02. The van der Waals surface area contributed by atoms with Crippen molar-refractivity contribution in [3.8, 4) is 0 Å². The number of nitrogens with zero attached hydrogens (tertiary/aromatic N) is 1. The predicted molar refractivity (Wildman–Crippen MR) is 101 cm³/mol. The average Bonchev–Trinajstić information content (AvgIpc) is 2.64. The minimum atomic E-state index is -4.18. The van der Waals surface area contributed by atoms with Crippen LogP contribution in [0.2, 0.25) is 0 Å². The van der Waals surface area contributed by atoms with Crippen molar-refractivity contribution < 1.29 is 32.4 Å². The Morgan fingerprint density at radius 2 is 2.04 bits per heavy atom. The van der Waals surface area contributed by atoms with Crippen LogP contribution < -0.4 is 10.0 Å². The van der Waals surface area contributed by atoms with Crippen LogP contribution in [0.3, 0.4) is 0 Å². The lowest BCUT2D eigenvalue weighted by atomic mass is 10.3. The summed E-state index contributed by atoms with van der Waals surface area (Å²) < 4.78 is 36.0. The van der Waals surface area contributed by atoms with Crippen LogP contribution >= 0.6 is 11.8 Å². The highest BCUT2D eigenvalue weighted by atomic mass is 32.2. The number of rotatable bonds is 11. The lowest BCUT2D eigenvalue weighted by Crippen LogP contribution is -2.39. The van der Waals surface area contributed by atoms with Crippen LogP contribution in [0.5, 0.6) is 0 Å². The smallest absolute Gasteiger partial charge is 0.321 e. The third-order valence-electron chi connectivity index (χ3n) is 3.25. The summed E-state index contributed by atoms with van der Waals surface area (Å²) in [4.78, 5) is 33.5. The molecule has 0 spiro atoms. The number of carbonyl (C=O) groups excluding carboxylic acids is 2. The molecule has 13 heteroatoms. The van der Waals surface area contributed by atoms with Crippen molar-refractivity contribution in [3.63, 3.8) is 0 Å². The van der Waals surface area contributed by atoms with Gasteiger partial charge in [0.1, 0.15) is 6.54 Å². The number of thioether (sulfide) groups is 1. The topological polar surface area (TPSA) is 154 Å². The maximum atomic E-state index is 12.2. The van der Waals surface area contributed by atoms with Crippen LogP contribution in [-0.2, 0) is 29.1 Å². The quantitative estimate of drug-likeness (QED) is 0.216. The van der Waals surface area contributed by atoms with E-state index in [1.807, 2.05) is 4.72 Å². The van der Waals surface area contributed by atoms with Gasteiger partial charge in [0, 0.05) is 19.2 Å². The number of esters is 1. The summed E-state index contributed by atoms with van der Waals surface area (Å²) >= 11 is 1.10. The van der Waals surface area contributed by atoms with Gasteiger partial charge in [0.05, 0.1) is 21.3 Å². The maximum Gasteiger partial charge on any atom is 0.321 e. The van der Waals surface area contributed by atoms with E-state index in [1.165, 1.54) is 19.2 Å². The molecule has 1 atom stereocenters. The van der Waals surface area contributed by atoms with E-state index in [0.717, 1.165) is 17.8 Å². The molecule has 28 heavy (non-hydrogen) atoms. The molecule has 0 bridgehead atoms. The van der Waals surface area contributed by atoms with Gasteiger partial charge >= 0.3 is 5.97 Å². The van der Waals surface area contributed by atoms with Gasteiger partial charge in [0.25, 0.3) is 11.6 Å². The van der Waals surface area contributed by atoms with Crippen molar-refractivity contribution in [2.45, 2.75) is 22.8 Å². The summed E-state index contributed by atoms with van der Waals surface area (Å²) in [6.07, 6.45) is 1.62. The molecule has 0 aromatic heterocycles. The Morgan fingerprint density at radius 3 is 2.61 bits per heavy atom. The van der Waals surface area contributed by atoms with Gasteiger partial charge < -0.3 is 14.8 Å². The third-order valence-corrected chi connectivity index (χ3v) is 5.44. The maximum absolute atomic E-state index is 12.2. The zero-order valence-corrected chi connectivity index (χ0v) is 17.1. The number of sulfonamides is 1. The number of benzene rings is 1. The Kier molecular flexibility index (Phi) is 9.31. The molecule has 0 heterocycles. The molecule has 156 valence electrons. The molecule has 1 aromatic rings. The van der Waals surface area contributed by atoms with E-state index >= 15 is 0 Å². The molecule has 1 aromatic carbocycles. The van der Waals surface area contributed by atoms with Gasteiger partial charge in [0.2, 0.25) is 10.0 Å². The van der Waals surface area contributed by atoms with E-state index < -0.39 is 40.0 Å². The molecule has 0 radical (unpaired) electrons. The first-order valence-corrected chi connectivity index (χ1v) is 10.6. The Bertz CT molecular complexity index is 829.